The first-order chi connectivity index (χ1) is 13.4. The molecule has 0 spiro atoms. The maximum Gasteiger partial charge on any atom is 0.327 e. The van der Waals surface area contributed by atoms with Crippen molar-refractivity contribution in [3.8, 4) is 11.1 Å². The van der Waals surface area contributed by atoms with Crippen LogP contribution in [-0.2, 0) is 0 Å². The van der Waals surface area contributed by atoms with Crippen LogP contribution in [0.25, 0.3) is 22.2 Å². The number of hydrogen-bond acceptors (Lipinski definition) is 5. The molecule has 0 saturated heterocycles. The SMILES string of the molecule is Cc1noc(C)c1-c1cc([N+](=O)[O-])c2[nH]c(=O)n(C(C)c3ccccc3)c2c1. The van der Waals surface area contributed by atoms with Crippen LogP contribution >= 0.6 is 0 Å². The first-order valence-corrected chi connectivity index (χ1v) is 8.79. The average Bonchev–Trinajstić information content (AvgIpc) is 3.19. The smallest absolute Gasteiger partial charge is 0.327 e. The van der Waals surface area contributed by atoms with Crippen molar-refractivity contribution in [2.45, 2.75) is 26.8 Å². The fourth-order valence-corrected chi connectivity index (χ4v) is 3.66. The van der Waals surface area contributed by atoms with E-state index in [1.54, 1.807) is 24.5 Å². The third kappa shape index (κ3) is 2.70. The van der Waals surface area contributed by atoms with Gasteiger partial charge in [-0.3, -0.25) is 19.7 Å². The zero-order valence-electron chi connectivity index (χ0n) is 15.6. The molecule has 4 rings (SSSR count). The summed E-state index contributed by atoms with van der Waals surface area (Å²) in [7, 11) is 0. The van der Waals surface area contributed by atoms with E-state index in [2.05, 4.69) is 10.1 Å². The Balaban J connectivity index is 2.04. The summed E-state index contributed by atoms with van der Waals surface area (Å²) in [5.74, 6) is 0.562. The Kier molecular flexibility index (Phi) is 4.11. The number of nitro groups is 1. The molecule has 2 aromatic carbocycles. The third-order valence-corrected chi connectivity index (χ3v) is 5.00. The third-order valence-electron chi connectivity index (χ3n) is 5.00. The van der Waals surface area contributed by atoms with Crippen LogP contribution in [0, 0.1) is 24.0 Å². The Bertz CT molecular complexity index is 1230. The number of aromatic nitrogens is 3. The van der Waals surface area contributed by atoms with E-state index in [0.717, 1.165) is 5.56 Å². The lowest BCUT2D eigenvalue weighted by Gasteiger charge is -2.14. The number of rotatable bonds is 4. The predicted molar refractivity (Wildman–Crippen MR) is 104 cm³/mol. The lowest BCUT2D eigenvalue weighted by atomic mass is 10.0. The summed E-state index contributed by atoms with van der Waals surface area (Å²) >= 11 is 0. The predicted octanol–water partition coefficient (Wildman–Crippen LogP) is 4.12. The van der Waals surface area contributed by atoms with Crippen molar-refractivity contribution in [2.75, 3.05) is 0 Å². The molecule has 0 radical (unpaired) electrons. The standard InChI is InChI=1S/C20H18N4O4/c1-11-18(13(3)28-22-11)15-9-16-19(17(10-15)24(26)27)21-20(25)23(16)12(2)14-7-5-4-6-8-14/h4-10,12H,1-3H3,(H,21,25). The van der Waals surface area contributed by atoms with E-state index in [9.17, 15) is 14.9 Å². The molecule has 142 valence electrons. The summed E-state index contributed by atoms with van der Waals surface area (Å²) in [6.45, 7) is 5.42. The maximum absolute atomic E-state index is 12.7. The van der Waals surface area contributed by atoms with Gasteiger partial charge in [-0.15, -0.1) is 0 Å². The molecular weight excluding hydrogens is 360 g/mol. The molecule has 0 amide bonds. The van der Waals surface area contributed by atoms with Crippen molar-refractivity contribution >= 4 is 16.7 Å². The average molecular weight is 378 g/mol. The van der Waals surface area contributed by atoms with Crippen LogP contribution in [0.2, 0.25) is 0 Å². The van der Waals surface area contributed by atoms with Crippen LogP contribution in [0.4, 0.5) is 5.69 Å². The van der Waals surface area contributed by atoms with Gasteiger partial charge in [-0.05, 0) is 38.0 Å². The highest BCUT2D eigenvalue weighted by Gasteiger charge is 2.24. The summed E-state index contributed by atoms with van der Waals surface area (Å²) in [6, 6.07) is 12.4. The maximum atomic E-state index is 12.7. The fourth-order valence-electron chi connectivity index (χ4n) is 3.66. The number of nitrogens with zero attached hydrogens (tertiary/aromatic N) is 3. The minimum absolute atomic E-state index is 0.163. The Hall–Kier alpha value is -3.68. The molecule has 8 heteroatoms. The van der Waals surface area contributed by atoms with Crippen molar-refractivity contribution in [1.82, 2.24) is 14.7 Å². The van der Waals surface area contributed by atoms with Gasteiger partial charge in [0.1, 0.15) is 11.3 Å². The van der Waals surface area contributed by atoms with Gasteiger partial charge in [0.05, 0.1) is 22.2 Å². The van der Waals surface area contributed by atoms with Gasteiger partial charge in [-0.1, -0.05) is 35.5 Å². The van der Waals surface area contributed by atoms with E-state index in [0.29, 0.717) is 28.1 Å². The van der Waals surface area contributed by atoms with Crippen LogP contribution < -0.4 is 5.69 Å². The minimum atomic E-state index is -0.489. The number of benzene rings is 2. The molecule has 8 nitrogen and oxygen atoms in total. The lowest BCUT2D eigenvalue weighted by Crippen LogP contribution is -2.21. The second-order valence-electron chi connectivity index (χ2n) is 6.73. The first kappa shape index (κ1) is 17.7. The summed E-state index contributed by atoms with van der Waals surface area (Å²) in [6.07, 6.45) is 0. The summed E-state index contributed by atoms with van der Waals surface area (Å²) in [5.41, 5.74) is 2.94. The van der Waals surface area contributed by atoms with Crippen LogP contribution in [-0.4, -0.2) is 19.6 Å². The van der Waals surface area contributed by atoms with E-state index in [1.165, 1.54) is 6.07 Å². The quantitative estimate of drug-likeness (QED) is 0.425. The largest absolute Gasteiger partial charge is 0.361 e. The number of H-pyrrole nitrogens is 1. The second kappa shape index (κ2) is 6.49. The monoisotopic (exact) mass is 378 g/mol. The second-order valence-corrected chi connectivity index (χ2v) is 6.73. The fraction of sp³-hybridized carbons (Fsp3) is 0.200. The number of non-ortho nitro benzene ring substituents is 1. The summed E-state index contributed by atoms with van der Waals surface area (Å²) < 4.78 is 6.76. The molecule has 0 aliphatic heterocycles. The molecule has 0 aliphatic rings. The van der Waals surface area contributed by atoms with E-state index in [1.807, 2.05) is 37.3 Å². The van der Waals surface area contributed by atoms with Crippen molar-refractivity contribution in [3.05, 3.63) is 80.1 Å². The number of hydrogen-bond donors (Lipinski definition) is 1. The van der Waals surface area contributed by atoms with E-state index in [-0.39, 0.29) is 17.2 Å². The molecule has 1 N–H and O–H groups in total. The van der Waals surface area contributed by atoms with Gasteiger partial charge in [0.25, 0.3) is 5.69 Å². The number of fused-ring (bicyclic) bond motifs is 1. The molecule has 2 aromatic heterocycles. The molecule has 0 fully saturated rings. The molecular formula is C20H18N4O4. The van der Waals surface area contributed by atoms with Gasteiger partial charge < -0.3 is 4.52 Å². The van der Waals surface area contributed by atoms with E-state index < -0.39 is 10.6 Å². The van der Waals surface area contributed by atoms with Crippen molar-refractivity contribution in [1.29, 1.82) is 0 Å². The van der Waals surface area contributed by atoms with E-state index >= 15 is 0 Å². The van der Waals surface area contributed by atoms with Crippen LogP contribution in [0.1, 0.15) is 30.0 Å². The minimum Gasteiger partial charge on any atom is -0.361 e. The van der Waals surface area contributed by atoms with Crippen LogP contribution in [0.5, 0.6) is 0 Å². The Morgan fingerprint density at radius 2 is 1.93 bits per heavy atom. The number of nitro benzene ring substituents is 1. The highest BCUT2D eigenvalue weighted by molar-refractivity contribution is 5.91. The first-order valence-electron chi connectivity index (χ1n) is 8.79. The van der Waals surface area contributed by atoms with Crippen LogP contribution in [0.3, 0.4) is 0 Å². The number of imidazole rings is 1. The van der Waals surface area contributed by atoms with Gasteiger partial charge >= 0.3 is 5.69 Å². The highest BCUT2D eigenvalue weighted by Crippen LogP contribution is 2.35. The highest BCUT2D eigenvalue weighted by atomic mass is 16.6. The number of nitrogens with one attached hydrogen (secondary N) is 1. The van der Waals surface area contributed by atoms with Gasteiger partial charge in [-0.2, -0.15) is 0 Å². The van der Waals surface area contributed by atoms with Crippen LogP contribution in [0.15, 0.2) is 51.8 Å². The molecule has 2 heterocycles. The Morgan fingerprint density at radius 3 is 2.54 bits per heavy atom. The normalized spacial score (nSPS) is 12.4. The zero-order valence-corrected chi connectivity index (χ0v) is 15.6. The number of aromatic amines is 1. The molecule has 0 saturated carbocycles. The zero-order chi connectivity index (χ0) is 20.0. The molecule has 0 aliphatic carbocycles. The van der Waals surface area contributed by atoms with Crippen molar-refractivity contribution in [3.63, 3.8) is 0 Å². The molecule has 1 atom stereocenters. The van der Waals surface area contributed by atoms with Crippen molar-refractivity contribution < 1.29 is 9.45 Å². The molecule has 0 bridgehead atoms. The molecule has 4 aromatic rings. The van der Waals surface area contributed by atoms with Gasteiger partial charge in [-0.25, -0.2) is 4.79 Å². The summed E-state index contributed by atoms with van der Waals surface area (Å²) in [5, 5.41) is 15.6. The lowest BCUT2D eigenvalue weighted by molar-refractivity contribution is -0.383. The van der Waals surface area contributed by atoms with Gasteiger partial charge in [0.2, 0.25) is 0 Å². The topological polar surface area (TPSA) is 107 Å². The van der Waals surface area contributed by atoms with E-state index in [4.69, 9.17) is 4.52 Å². The van der Waals surface area contributed by atoms with Crippen molar-refractivity contribution in [2.24, 2.45) is 0 Å². The summed E-state index contributed by atoms with van der Waals surface area (Å²) in [4.78, 5) is 26.6. The Labute approximate surface area is 159 Å². The van der Waals surface area contributed by atoms with Gasteiger partial charge in [0.15, 0.2) is 0 Å². The molecule has 28 heavy (non-hydrogen) atoms. The Morgan fingerprint density at radius 1 is 1.21 bits per heavy atom. The molecule has 1 unspecified atom stereocenters. The van der Waals surface area contributed by atoms with Gasteiger partial charge in [0, 0.05) is 11.6 Å². The number of aryl methyl sites for hydroxylation is 2.